The second-order valence-corrected chi connectivity index (χ2v) is 9.30. The maximum Gasteiger partial charge on any atom is 0.273 e. The number of methoxy groups -OCH3 is 2. The number of piperidine rings is 2. The monoisotopic (exact) mass is 459 g/mol. The average molecular weight is 460 g/mol. The average Bonchev–Trinajstić information content (AvgIpc) is 3.36. The van der Waals surface area contributed by atoms with Crippen molar-refractivity contribution in [2.24, 2.45) is 0 Å². The Morgan fingerprint density at radius 3 is 2.53 bits per heavy atom. The Morgan fingerprint density at radius 1 is 1.09 bits per heavy atom. The molecule has 1 aromatic heterocycles. The summed E-state index contributed by atoms with van der Waals surface area (Å²) >= 11 is 1.56. The van der Waals surface area contributed by atoms with Crippen LogP contribution in [0.4, 0.5) is 0 Å². The summed E-state index contributed by atoms with van der Waals surface area (Å²) in [5, 5.41) is 2.73. The fourth-order valence-electron chi connectivity index (χ4n) is 4.71. The molecule has 2 aliphatic heterocycles. The molecule has 4 rings (SSSR count). The van der Waals surface area contributed by atoms with Crippen LogP contribution in [-0.4, -0.2) is 73.2 Å². The van der Waals surface area contributed by atoms with Crippen molar-refractivity contribution >= 4 is 17.2 Å². The topological polar surface area (TPSA) is 64.1 Å². The number of benzene rings is 1. The lowest BCUT2D eigenvalue weighted by Gasteiger charge is -2.41. The van der Waals surface area contributed by atoms with Gasteiger partial charge in [0.2, 0.25) is 5.91 Å². The van der Waals surface area contributed by atoms with Gasteiger partial charge in [-0.3, -0.25) is 9.69 Å². The van der Waals surface area contributed by atoms with Gasteiger partial charge in [0, 0.05) is 56.3 Å². The Hall–Kier alpha value is -2.32. The van der Waals surface area contributed by atoms with E-state index in [1.807, 2.05) is 28.5 Å². The predicted octanol–water partition coefficient (Wildman–Crippen LogP) is 3.63. The zero-order chi connectivity index (χ0) is 22.3. The summed E-state index contributed by atoms with van der Waals surface area (Å²) in [5.74, 6) is 1.77. The van der Waals surface area contributed by atoms with Gasteiger partial charge in [-0.15, -0.1) is 0 Å². The van der Waals surface area contributed by atoms with Crippen LogP contribution in [0.15, 0.2) is 29.8 Å². The molecule has 2 aromatic rings. The molecule has 32 heavy (non-hydrogen) atoms. The molecule has 8 heteroatoms. The number of rotatable bonds is 8. The minimum atomic E-state index is 0.233. The summed E-state index contributed by atoms with van der Waals surface area (Å²) in [6, 6.07) is 6.34. The first kappa shape index (κ1) is 22.9. The number of amides is 1. The quantitative estimate of drug-likeness (QED) is 0.601. The van der Waals surface area contributed by atoms with Gasteiger partial charge in [0.25, 0.3) is 5.19 Å². The summed E-state index contributed by atoms with van der Waals surface area (Å²) in [6.45, 7) is 3.81. The van der Waals surface area contributed by atoms with E-state index in [2.05, 4.69) is 9.88 Å². The molecule has 7 nitrogen and oxygen atoms in total. The number of carbonyl (C=O) groups excluding carboxylic acids is 1. The first-order valence-electron chi connectivity index (χ1n) is 11.4. The Balaban J connectivity index is 1.19. The number of thiazole rings is 1. The number of aromatic nitrogens is 1. The number of hydrogen-bond acceptors (Lipinski definition) is 7. The molecule has 0 spiro atoms. The second-order valence-electron chi connectivity index (χ2n) is 8.44. The summed E-state index contributed by atoms with van der Waals surface area (Å²) in [4.78, 5) is 21.6. The number of carbonyl (C=O) groups is 1. The third-order valence-electron chi connectivity index (χ3n) is 6.59. The van der Waals surface area contributed by atoms with Crippen LogP contribution in [-0.2, 0) is 11.2 Å². The van der Waals surface area contributed by atoms with Crippen LogP contribution in [0.25, 0.3) is 0 Å². The number of nitrogens with zero attached hydrogens (tertiary/aromatic N) is 3. The highest BCUT2D eigenvalue weighted by Crippen LogP contribution is 2.27. The first-order chi connectivity index (χ1) is 15.7. The van der Waals surface area contributed by atoms with E-state index in [1.165, 1.54) is 0 Å². The van der Waals surface area contributed by atoms with Crippen molar-refractivity contribution in [1.29, 1.82) is 0 Å². The maximum atomic E-state index is 12.8. The summed E-state index contributed by atoms with van der Waals surface area (Å²) in [6.07, 6.45) is 7.44. The Bertz CT molecular complexity index is 860. The molecule has 0 aliphatic carbocycles. The summed E-state index contributed by atoms with van der Waals surface area (Å²) in [5.41, 5.74) is 1.04. The molecule has 0 unspecified atom stereocenters. The van der Waals surface area contributed by atoms with E-state index in [0.29, 0.717) is 18.9 Å². The summed E-state index contributed by atoms with van der Waals surface area (Å²) < 4.78 is 16.7. The SMILES string of the molecule is COc1ccc(CCC(=O)N2CCC(N3CCC(Oc4nccs4)CC3)CC2)c(OC)c1. The lowest BCUT2D eigenvalue weighted by atomic mass is 9.98. The molecule has 3 heterocycles. The van der Waals surface area contributed by atoms with Gasteiger partial charge in [-0.2, -0.15) is 0 Å². The molecule has 0 atom stereocenters. The van der Waals surface area contributed by atoms with Crippen molar-refractivity contribution in [2.75, 3.05) is 40.4 Å². The Morgan fingerprint density at radius 2 is 1.88 bits per heavy atom. The minimum Gasteiger partial charge on any atom is -0.497 e. The van der Waals surface area contributed by atoms with Gasteiger partial charge >= 0.3 is 0 Å². The zero-order valence-electron chi connectivity index (χ0n) is 19.0. The number of hydrogen-bond donors (Lipinski definition) is 0. The van der Waals surface area contributed by atoms with Gasteiger partial charge < -0.3 is 19.1 Å². The number of ether oxygens (including phenoxy) is 3. The second kappa shape index (κ2) is 11.0. The van der Waals surface area contributed by atoms with Gasteiger partial charge in [-0.25, -0.2) is 4.98 Å². The van der Waals surface area contributed by atoms with E-state index < -0.39 is 0 Å². The molecule has 0 radical (unpaired) electrons. The van der Waals surface area contributed by atoms with E-state index in [0.717, 1.165) is 74.1 Å². The molecule has 1 amide bonds. The fraction of sp³-hybridized carbons (Fsp3) is 0.583. The standard InChI is InChI=1S/C24H33N3O4S/c1-29-21-5-3-18(22(17-21)30-2)4-6-23(28)27-12-7-19(8-13-27)26-14-9-20(10-15-26)31-24-25-11-16-32-24/h3,5,11,16-17,19-20H,4,6-10,12-15H2,1-2H3. The van der Waals surface area contributed by atoms with Gasteiger partial charge in [0.1, 0.15) is 17.6 Å². The van der Waals surface area contributed by atoms with Crippen molar-refractivity contribution in [3.05, 3.63) is 35.3 Å². The van der Waals surface area contributed by atoms with E-state index in [-0.39, 0.29) is 12.0 Å². The zero-order valence-corrected chi connectivity index (χ0v) is 19.8. The third-order valence-corrected chi connectivity index (χ3v) is 7.25. The Kier molecular flexibility index (Phi) is 7.86. The van der Waals surface area contributed by atoms with Crippen molar-refractivity contribution < 1.29 is 19.0 Å². The van der Waals surface area contributed by atoms with Crippen LogP contribution in [0.5, 0.6) is 16.7 Å². The lowest BCUT2D eigenvalue weighted by molar-refractivity contribution is -0.132. The molecule has 2 aliphatic rings. The van der Waals surface area contributed by atoms with Crippen LogP contribution in [0, 0.1) is 0 Å². The smallest absolute Gasteiger partial charge is 0.273 e. The highest BCUT2D eigenvalue weighted by Gasteiger charge is 2.30. The fourth-order valence-corrected chi connectivity index (χ4v) is 5.26. The molecular weight excluding hydrogens is 426 g/mol. The Labute approximate surface area is 194 Å². The van der Waals surface area contributed by atoms with Crippen LogP contribution < -0.4 is 14.2 Å². The normalized spacial score (nSPS) is 18.5. The molecule has 2 saturated heterocycles. The molecular formula is C24H33N3O4S. The highest BCUT2D eigenvalue weighted by molar-refractivity contribution is 7.11. The molecule has 2 fully saturated rings. The van der Waals surface area contributed by atoms with Crippen molar-refractivity contribution in [3.63, 3.8) is 0 Å². The molecule has 0 bridgehead atoms. The number of aryl methyl sites for hydroxylation is 1. The largest absolute Gasteiger partial charge is 0.497 e. The molecule has 174 valence electrons. The van der Waals surface area contributed by atoms with E-state index >= 15 is 0 Å². The van der Waals surface area contributed by atoms with Gasteiger partial charge in [-0.1, -0.05) is 17.4 Å². The van der Waals surface area contributed by atoms with E-state index in [1.54, 1.807) is 31.8 Å². The number of likely N-dealkylation sites (tertiary alicyclic amines) is 2. The van der Waals surface area contributed by atoms with Crippen LogP contribution in [0.2, 0.25) is 0 Å². The minimum absolute atomic E-state index is 0.233. The van der Waals surface area contributed by atoms with Crippen molar-refractivity contribution in [1.82, 2.24) is 14.8 Å². The third kappa shape index (κ3) is 5.72. The van der Waals surface area contributed by atoms with Gasteiger partial charge in [0.05, 0.1) is 14.2 Å². The van der Waals surface area contributed by atoms with Crippen molar-refractivity contribution in [3.8, 4) is 16.7 Å². The summed E-state index contributed by atoms with van der Waals surface area (Å²) in [7, 11) is 3.29. The van der Waals surface area contributed by atoms with Crippen molar-refractivity contribution in [2.45, 2.75) is 50.7 Å². The lowest BCUT2D eigenvalue weighted by Crippen LogP contribution is -2.50. The van der Waals surface area contributed by atoms with Gasteiger partial charge in [-0.05, 0) is 43.7 Å². The predicted molar refractivity (Wildman–Crippen MR) is 125 cm³/mol. The van der Waals surface area contributed by atoms with Gasteiger partial charge in [0.15, 0.2) is 0 Å². The molecule has 1 aromatic carbocycles. The highest BCUT2D eigenvalue weighted by atomic mass is 32.1. The van der Waals surface area contributed by atoms with E-state index in [4.69, 9.17) is 14.2 Å². The van der Waals surface area contributed by atoms with Crippen LogP contribution in [0.3, 0.4) is 0 Å². The van der Waals surface area contributed by atoms with Crippen LogP contribution >= 0.6 is 11.3 Å². The molecule has 0 N–H and O–H groups in total. The van der Waals surface area contributed by atoms with E-state index in [9.17, 15) is 4.79 Å². The molecule has 0 saturated carbocycles. The first-order valence-corrected chi connectivity index (χ1v) is 12.3. The maximum absolute atomic E-state index is 12.8. The van der Waals surface area contributed by atoms with Crippen LogP contribution in [0.1, 0.15) is 37.7 Å².